The first-order valence-electron chi connectivity index (χ1n) is 6.04. The molecule has 1 aromatic heterocycles. The molecule has 1 N–H and O–H groups in total. The summed E-state index contributed by atoms with van der Waals surface area (Å²) in [4.78, 5) is 4.31. The van der Waals surface area contributed by atoms with E-state index < -0.39 is 0 Å². The smallest absolute Gasteiger partial charge is 0.110 e. The van der Waals surface area contributed by atoms with Crippen molar-refractivity contribution >= 4 is 21.6 Å². The standard InChI is InChI=1S/C14H18BrN3/c1-10-8-12(9-11(2)14(10)15)16-5-4-13-17-6-7-18(13)3/h6-9,16H,4-5H2,1-3H3. The second-order valence-corrected chi connectivity index (χ2v) is 5.35. The summed E-state index contributed by atoms with van der Waals surface area (Å²) in [5.41, 5.74) is 3.69. The largest absolute Gasteiger partial charge is 0.385 e. The van der Waals surface area contributed by atoms with E-state index >= 15 is 0 Å². The van der Waals surface area contributed by atoms with Crippen molar-refractivity contribution in [2.45, 2.75) is 20.3 Å². The molecule has 0 aliphatic rings. The maximum atomic E-state index is 4.31. The molecule has 0 spiro atoms. The van der Waals surface area contributed by atoms with Gasteiger partial charge in [0.05, 0.1) is 0 Å². The lowest BCUT2D eigenvalue weighted by molar-refractivity contribution is 0.789. The van der Waals surface area contributed by atoms with Crippen LogP contribution in [-0.4, -0.2) is 16.1 Å². The van der Waals surface area contributed by atoms with Gasteiger partial charge in [-0.15, -0.1) is 0 Å². The molecular formula is C14H18BrN3. The van der Waals surface area contributed by atoms with Crippen molar-refractivity contribution < 1.29 is 0 Å². The van der Waals surface area contributed by atoms with E-state index in [2.05, 4.69) is 56.8 Å². The lowest BCUT2D eigenvalue weighted by Gasteiger charge is -2.10. The van der Waals surface area contributed by atoms with Crippen LogP contribution in [0.5, 0.6) is 0 Å². The fourth-order valence-corrected chi connectivity index (χ4v) is 2.23. The van der Waals surface area contributed by atoms with E-state index in [1.165, 1.54) is 21.3 Å². The Hall–Kier alpha value is -1.29. The quantitative estimate of drug-likeness (QED) is 0.937. The molecule has 2 rings (SSSR count). The molecule has 96 valence electrons. The summed E-state index contributed by atoms with van der Waals surface area (Å²) >= 11 is 3.58. The summed E-state index contributed by atoms with van der Waals surface area (Å²) in [6, 6.07) is 4.32. The first kappa shape index (κ1) is 13.1. The monoisotopic (exact) mass is 307 g/mol. The molecular weight excluding hydrogens is 290 g/mol. The first-order valence-corrected chi connectivity index (χ1v) is 6.84. The molecule has 1 aromatic carbocycles. The van der Waals surface area contributed by atoms with Crippen LogP contribution in [-0.2, 0) is 13.5 Å². The molecule has 4 heteroatoms. The van der Waals surface area contributed by atoms with Crippen LogP contribution >= 0.6 is 15.9 Å². The van der Waals surface area contributed by atoms with E-state index in [9.17, 15) is 0 Å². The predicted molar refractivity (Wildman–Crippen MR) is 79.0 cm³/mol. The summed E-state index contributed by atoms with van der Waals surface area (Å²) in [6.07, 6.45) is 4.74. The topological polar surface area (TPSA) is 29.9 Å². The van der Waals surface area contributed by atoms with Gasteiger partial charge in [0, 0.05) is 42.6 Å². The third-order valence-electron chi connectivity index (χ3n) is 3.04. The van der Waals surface area contributed by atoms with Crippen LogP contribution in [0.25, 0.3) is 0 Å². The third-order valence-corrected chi connectivity index (χ3v) is 4.29. The number of hydrogen-bond donors (Lipinski definition) is 1. The minimum Gasteiger partial charge on any atom is -0.385 e. The third kappa shape index (κ3) is 2.93. The van der Waals surface area contributed by atoms with E-state index in [0.717, 1.165) is 18.8 Å². The van der Waals surface area contributed by atoms with Gasteiger partial charge < -0.3 is 9.88 Å². The lowest BCUT2D eigenvalue weighted by atomic mass is 10.1. The number of aryl methyl sites for hydroxylation is 3. The number of rotatable bonds is 4. The molecule has 0 saturated carbocycles. The van der Waals surface area contributed by atoms with E-state index in [4.69, 9.17) is 0 Å². The Morgan fingerprint density at radius 3 is 2.50 bits per heavy atom. The molecule has 0 fully saturated rings. The van der Waals surface area contributed by atoms with Gasteiger partial charge in [-0.3, -0.25) is 0 Å². The number of halogens is 1. The Kier molecular flexibility index (Phi) is 4.07. The normalized spacial score (nSPS) is 10.7. The van der Waals surface area contributed by atoms with Gasteiger partial charge in [0.2, 0.25) is 0 Å². The SMILES string of the molecule is Cc1cc(NCCc2nccn2C)cc(C)c1Br. The van der Waals surface area contributed by atoms with Gasteiger partial charge in [0.1, 0.15) is 5.82 Å². The molecule has 0 radical (unpaired) electrons. The van der Waals surface area contributed by atoms with Crippen molar-refractivity contribution in [1.82, 2.24) is 9.55 Å². The van der Waals surface area contributed by atoms with Gasteiger partial charge in [-0.2, -0.15) is 0 Å². The van der Waals surface area contributed by atoms with Crippen LogP contribution in [0, 0.1) is 13.8 Å². The fraction of sp³-hybridized carbons (Fsp3) is 0.357. The first-order chi connectivity index (χ1) is 8.58. The summed E-state index contributed by atoms with van der Waals surface area (Å²) in [7, 11) is 2.02. The van der Waals surface area contributed by atoms with Crippen LogP contribution in [0.4, 0.5) is 5.69 Å². The minimum atomic E-state index is 0.894. The highest BCUT2D eigenvalue weighted by Crippen LogP contribution is 2.24. The lowest BCUT2D eigenvalue weighted by Crippen LogP contribution is -2.08. The van der Waals surface area contributed by atoms with Crippen LogP contribution in [0.15, 0.2) is 29.0 Å². The average molecular weight is 308 g/mol. The number of imidazole rings is 1. The second kappa shape index (κ2) is 5.57. The Balaban J connectivity index is 1.97. The van der Waals surface area contributed by atoms with Crippen molar-refractivity contribution in [1.29, 1.82) is 0 Å². The van der Waals surface area contributed by atoms with Crippen molar-refractivity contribution in [3.63, 3.8) is 0 Å². The molecule has 0 aliphatic heterocycles. The van der Waals surface area contributed by atoms with E-state index in [1.54, 1.807) is 0 Å². The van der Waals surface area contributed by atoms with Crippen molar-refractivity contribution in [3.05, 3.63) is 46.0 Å². The zero-order chi connectivity index (χ0) is 13.1. The Morgan fingerprint density at radius 2 is 1.94 bits per heavy atom. The van der Waals surface area contributed by atoms with Crippen LogP contribution in [0.1, 0.15) is 17.0 Å². The molecule has 1 heterocycles. The summed E-state index contributed by atoms with van der Waals surface area (Å²) in [5.74, 6) is 1.10. The Labute approximate surface area is 116 Å². The molecule has 0 bridgehead atoms. The molecule has 2 aromatic rings. The van der Waals surface area contributed by atoms with Gasteiger partial charge in [0.15, 0.2) is 0 Å². The Bertz CT molecular complexity index is 523. The van der Waals surface area contributed by atoms with Crippen LogP contribution in [0.2, 0.25) is 0 Å². The van der Waals surface area contributed by atoms with Gasteiger partial charge >= 0.3 is 0 Å². The van der Waals surface area contributed by atoms with Crippen molar-refractivity contribution in [2.75, 3.05) is 11.9 Å². The zero-order valence-corrected chi connectivity index (χ0v) is 12.6. The highest BCUT2D eigenvalue weighted by molar-refractivity contribution is 9.10. The maximum absolute atomic E-state index is 4.31. The number of hydrogen-bond acceptors (Lipinski definition) is 2. The predicted octanol–water partition coefficient (Wildman–Crippen LogP) is 3.45. The number of aromatic nitrogens is 2. The van der Waals surface area contributed by atoms with Crippen molar-refractivity contribution in [2.24, 2.45) is 7.05 Å². The Morgan fingerprint density at radius 1 is 1.28 bits per heavy atom. The summed E-state index contributed by atoms with van der Waals surface area (Å²) in [5, 5.41) is 3.44. The van der Waals surface area contributed by atoms with E-state index in [1.807, 2.05) is 19.4 Å². The summed E-state index contributed by atoms with van der Waals surface area (Å²) < 4.78 is 3.25. The zero-order valence-electron chi connectivity index (χ0n) is 11.0. The molecule has 0 aliphatic carbocycles. The number of anilines is 1. The van der Waals surface area contributed by atoms with E-state index in [0.29, 0.717) is 0 Å². The highest BCUT2D eigenvalue weighted by atomic mass is 79.9. The molecule has 3 nitrogen and oxygen atoms in total. The average Bonchev–Trinajstić information content (AvgIpc) is 2.72. The number of nitrogens with zero attached hydrogens (tertiary/aromatic N) is 2. The molecule has 0 unspecified atom stereocenters. The highest BCUT2D eigenvalue weighted by Gasteiger charge is 2.03. The van der Waals surface area contributed by atoms with Crippen LogP contribution < -0.4 is 5.32 Å². The van der Waals surface area contributed by atoms with Crippen LogP contribution in [0.3, 0.4) is 0 Å². The van der Waals surface area contributed by atoms with Gasteiger partial charge in [-0.25, -0.2) is 4.98 Å². The second-order valence-electron chi connectivity index (χ2n) is 4.56. The maximum Gasteiger partial charge on any atom is 0.110 e. The minimum absolute atomic E-state index is 0.894. The fourth-order valence-electron chi connectivity index (χ4n) is 2.00. The number of nitrogens with one attached hydrogen (secondary N) is 1. The molecule has 0 saturated heterocycles. The number of benzene rings is 1. The molecule has 0 amide bonds. The van der Waals surface area contributed by atoms with Gasteiger partial charge in [-0.05, 0) is 37.1 Å². The van der Waals surface area contributed by atoms with Gasteiger partial charge in [-0.1, -0.05) is 15.9 Å². The summed E-state index contributed by atoms with van der Waals surface area (Å²) in [6.45, 7) is 5.12. The van der Waals surface area contributed by atoms with E-state index in [-0.39, 0.29) is 0 Å². The molecule has 0 atom stereocenters. The van der Waals surface area contributed by atoms with Gasteiger partial charge in [0.25, 0.3) is 0 Å². The van der Waals surface area contributed by atoms with Crippen molar-refractivity contribution in [3.8, 4) is 0 Å². The molecule has 18 heavy (non-hydrogen) atoms.